The molecule has 9 rings (SSSR count). The number of hydrogen-bond donors (Lipinski definition) is 3. The van der Waals surface area contributed by atoms with Crippen LogP contribution in [0.15, 0.2) is 59.2 Å². The Labute approximate surface area is 405 Å². The Balaban J connectivity index is 0.780. The number of carbonyl (C=O) groups excluding carboxylic acids is 2. The normalized spacial score (nSPS) is 19.0. The third-order valence-electron chi connectivity index (χ3n) is 14.0. The molecule has 1 atom stereocenters. The number of imide groups is 1. The average Bonchev–Trinajstić information content (AvgIpc) is 3.31. The molecule has 4 aliphatic heterocycles. The van der Waals surface area contributed by atoms with E-state index >= 15 is 8.78 Å². The predicted molar refractivity (Wildman–Crippen MR) is 269 cm³/mol. The van der Waals surface area contributed by atoms with Crippen molar-refractivity contribution in [1.82, 2.24) is 30.1 Å². The zero-order chi connectivity index (χ0) is 47.9. The number of aryl methyl sites for hydroxylation is 2. The number of nitrogens with one attached hydrogen (secondary N) is 3. The summed E-state index contributed by atoms with van der Waals surface area (Å²) in [7, 11) is -1.06. The van der Waals surface area contributed by atoms with Crippen molar-refractivity contribution < 1.29 is 27.7 Å². The number of methoxy groups -OCH3 is 1. The van der Waals surface area contributed by atoms with Crippen LogP contribution in [-0.4, -0.2) is 122 Å². The molecule has 4 fully saturated rings. The van der Waals surface area contributed by atoms with E-state index in [1.165, 1.54) is 23.4 Å². The van der Waals surface area contributed by atoms with Crippen LogP contribution in [0.4, 0.5) is 43.3 Å². The third kappa shape index (κ3) is 10.1. The fraction of sp³-hybridized carbons (Fsp3) is 0.460. The summed E-state index contributed by atoms with van der Waals surface area (Å²) < 4.78 is 50.7. The topological polar surface area (TPSA) is 148 Å². The van der Waals surface area contributed by atoms with E-state index in [-0.39, 0.29) is 18.4 Å². The first-order chi connectivity index (χ1) is 32.7. The molecular formula is C50H60BrF2N10O4P. The summed E-state index contributed by atoms with van der Waals surface area (Å²) in [5, 5.41) is 10.6. The van der Waals surface area contributed by atoms with Gasteiger partial charge in [-0.15, -0.1) is 0 Å². The molecule has 3 N–H and O–H groups in total. The molecule has 5 aromatic rings. The van der Waals surface area contributed by atoms with Gasteiger partial charge in [0.25, 0.3) is 0 Å². The van der Waals surface area contributed by atoms with Crippen LogP contribution in [0.3, 0.4) is 0 Å². The minimum Gasteiger partial charge on any atom is -0.494 e. The van der Waals surface area contributed by atoms with Gasteiger partial charge in [-0.3, -0.25) is 24.8 Å². The summed E-state index contributed by atoms with van der Waals surface area (Å²) in [6.45, 7) is 16.1. The summed E-state index contributed by atoms with van der Waals surface area (Å²) in [5.74, 6) is -1.51. The quantitative estimate of drug-likeness (QED) is 0.0727. The number of ether oxygens (including phenoxy) is 1. The summed E-state index contributed by atoms with van der Waals surface area (Å²) in [4.78, 5) is 47.7. The van der Waals surface area contributed by atoms with Crippen molar-refractivity contribution in [2.24, 2.45) is 5.92 Å². The van der Waals surface area contributed by atoms with Crippen molar-refractivity contribution >= 4 is 85.6 Å². The minimum atomic E-state index is -2.74. The lowest BCUT2D eigenvalue weighted by Gasteiger charge is -2.46. The van der Waals surface area contributed by atoms with Gasteiger partial charge in [0.15, 0.2) is 0 Å². The second kappa shape index (κ2) is 20.0. The molecule has 0 unspecified atom stereocenters. The number of anilines is 6. The van der Waals surface area contributed by atoms with E-state index in [0.717, 1.165) is 112 Å². The van der Waals surface area contributed by atoms with Gasteiger partial charge in [0.05, 0.1) is 34.4 Å². The molecule has 14 nitrogen and oxygen atoms in total. The average molecular weight is 1010 g/mol. The Hall–Kier alpha value is -5.22. The molecule has 2 amide bonds. The lowest BCUT2D eigenvalue weighted by atomic mass is 9.89. The Morgan fingerprint density at radius 2 is 1.60 bits per heavy atom. The fourth-order valence-electron chi connectivity index (χ4n) is 10.4. The van der Waals surface area contributed by atoms with Gasteiger partial charge in [-0.05, 0) is 103 Å². The van der Waals surface area contributed by atoms with Gasteiger partial charge < -0.3 is 34.6 Å². The summed E-state index contributed by atoms with van der Waals surface area (Å²) in [6, 6.07) is 15.3. The maximum atomic E-state index is 15.2. The van der Waals surface area contributed by atoms with Gasteiger partial charge in [0.2, 0.25) is 17.8 Å². The smallest absolute Gasteiger partial charge is 0.234 e. The van der Waals surface area contributed by atoms with Gasteiger partial charge in [0, 0.05) is 123 Å². The number of pyridine rings is 1. The predicted octanol–water partition coefficient (Wildman–Crippen LogP) is 8.18. The van der Waals surface area contributed by atoms with E-state index in [4.69, 9.17) is 14.7 Å². The first-order valence-corrected chi connectivity index (χ1v) is 27.1. The molecule has 4 saturated heterocycles. The number of nitrogens with zero attached hydrogens (tertiary/aromatic N) is 7. The molecule has 0 spiro atoms. The van der Waals surface area contributed by atoms with Crippen LogP contribution < -0.4 is 35.8 Å². The zero-order valence-electron chi connectivity index (χ0n) is 39.4. The SMILES string of the molecule is CCc1ccc2c(P(C)(C)=O)c(Nc3nc(Nc4cc(CC)c(N5CCC(N6CCN(CC7CN(c8cc(F)c([C@H]9CCC(=O)NC9=O)c(F)c8)C7)CC6)CC5)cc4OC)ncc3Br)ccc2n1. The number of aromatic nitrogens is 3. The number of hydrogen-bond acceptors (Lipinski definition) is 13. The van der Waals surface area contributed by atoms with E-state index < -0.39 is 36.5 Å². The lowest BCUT2D eigenvalue weighted by Crippen LogP contribution is -2.57. The number of carbonyl (C=O) groups is 2. The molecule has 0 saturated carbocycles. The molecule has 18 heteroatoms. The maximum absolute atomic E-state index is 15.2. The van der Waals surface area contributed by atoms with Gasteiger partial charge in [-0.25, -0.2) is 13.8 Å². The molecular weight excluding hydrogens is 953 g/mol. The molecule has 360 valence electrons. The van der Waals surface area contributed by atoms with E-state index in [1.807, 2.05) is 29.2 Å². The largest absolute Gasteiger partial charge is 0.494 e. The standard InChI is InChI=1S/C50H60BrF2N10O4P/c1-6-31-22-42(57-50-54-26-37(51)48(59-50)56-41-12-11-40-35(47(41)68(4,5)66)9-8-32(7-2)55-40)44(67-3)25-43(31)62-16-14-33(15-17-62)61-20-18-60(19-21-61)27-30-28-63(29-30)34-23-38(52)46(39(53)24-34)36-10-13-45(64)58-49(36)65/h8-9,11-12,22-26,30,33,36H,6-7,10,13-21,27-29H2,1-5H3,(H,58,64,65)(H2,54,56,57,59)/t36-/m1/s1. The van der Waals surface area contributed by atoms with Gasteiger partial charge in [-0.1, -0.05) is 19.9 Å². The van der Waals surface area contributed by atoms with Crippen molar-refractivity contribution in [3.8, 4) is 5.75 Å². The number of piperazine rings is 1. The Morgan fingerprint density at radius 1 is 0.868 bits per heavy atom. The number of rotatable bonds is 14. The van der Waals surface area contributed by atoms with Crippen molar-refractivity contribution in [3.63, 3.8) is 0 Å². The number of fused-ring (bicyclic) bond motifs is 1. The van der Waals surface area contributed by atoms with Gasteiger partial charge >= 0.3 is 0 Å². The van der Waals surface area contributed by atoms with Crippen LogP contribution in [0.2, 0.25) is 0 Å². The fourth-order valence-corrected chi connectivity index (χ4v) is 12.2. The number of piperidine rings is 2. The summed E-state index contributed by atoms with van der Waals surface area (Å²) in [6.07, 6.45) is 5.66. The summed E-state index contributed by atoms with van der Waals surface area (Å²) in [5.41, 5.74) is 5.88. The van der Waals surface area contributed by atoms with Crippen LogP contribution in [0.25, 0.3) is 10.9 Å². The van der Waals surface area contributed by atoms with Gasteiger partial charge in [0.1, 0.15) is 30.3 Å². The first-order valence-electron chi connectivity index (χ1n) is 23.7. The molecule has 0 aliphatic carbocycles. The van der Waals surface area contributed by atoms with Crippen molar-refractivity contribution in [1.29, 1.82) is 0 Å². The monoisotopic (exact) mass is 1010 g/mol. The molecule has 68 heavy (non-hydrogen) atoms. The Kier molecular flexibility index (Phi) is 14.1. The minimum absolute atomic E-state index is 0.0658. The molecule has 0 bridgehead atoms. The highest BCUT2D eigenvalue weighted by atomic mass is 79.9. The van der Waals surface area contributed by atoms with Gasteiger partial charge in [-0.2, -0.15) is 4.98 Å². The zero-order valence-corrected chi connectivity index (χ0v) is 41.9. The van der Waals surface area contributed by atoms with E-state index in [2.05, 4.69) is 77.5 Å². The molecule has 2 aromatic heterocycles. The molecule has 6 heterocycles. The van der Waals surface area contributed by atoms with Crippen molar-refractivity contribution in [2.45, 2.75) is 64.3 Å². The summed E-state index contributed by atoms with van der Waals surface area (Å²) >= 11 is 3.63. The van der Waals surface area contributed by atoms with Crippen molar-refractivity contribution in [3.05, 3.63) is 87.7 Å². The maximum Gasteiger partial charge on any atom is 0.234 e. The van der Waals surface area contributed by atoms with Crippen LogP contribution in [0, 0.1) is 17.6 Å². The van der Waals surface area contributed by atoms with Crippen LogP contribution in [0.5, 0.6) is 5.75 Å². The van der Waals surface area contributed by atoms with Crippen LogP contribution >= 0.6 is 23.1 Å². The highest BCUT2D eigenvalue weighted by Gasteiger charge is 2.36. The Bertz CT molecular complexity index is 2750. The molecule has 0 radical (unpaired) electrons. The highest BCUT2D eigenvalue weighted by molar-refractivity contribution is 9.10. The number of halogens is 3. The number of benzene rings is 3. The Morgan fingerprint density at radius 3 is 2.26 bits per heavy atom. The first kappa shape index (κ1) is 47.8. The second-order valence-corrected chi connectivity index (χ2v) is 22.9. The number of amides is 2. The van der Waals surface area contributed by atoms with E-state index in [1.54, 1.807) is 26.6 Å². The van der Waals surface area contributed by atoms with E-state index in [0.29, 0.717) is 45.3 Å². The van der Waals surface area contributed by atoms with Crippen LogP contribution in [0.1, 0.15) is 62.3 Å². The van der Waals surface area contributed by atoms with Crippen molar-refractivity contribution in [2.75, 3.05) is 99.8 Å². The van der Waals surface area contributed by atoms with E-state index in [9.17, 15) is 14.2 Å². The molecule has 3 aromatic carbocycles. The highest BCUT2D eigenvalue weighted by Crippen LogP contribution is 2.43. The molecule has 4 aliphatic rings. The van der Waals surface area contributed by atoms with Crippen LogP contribution in [-0.2, 0) is 27.0 Å². The lowest BCUT2D eigenvalue weighted by molar-refractivity contribution is -0.134. The second-order valence-electron chi connectivity index (χ2n) is 18.9. The third-order valence-corrected chi connectivity index (χ3v) is 16.2.